The molecule has 3 heterocycles. The van der Waals surface area contributed by atoms with Crippen molar-refractivity contribution in [2.75, 3.05) is 5.32 Å². The third kappa shape index (κ3) is 4.54. The van der Waals surface area contributed by atoms with Crippen molar-refractivity contribution in [3.8, 4) is 0 Å². The van der Waals surface area contributed by atoms with Crippen LogP contribution in [0.1, 0.15) is 112 Å². The van der Waals surface area contributed by atoms with E-state index in [9.17, 15) is 9.59 Å². The molecule has 0 spiro atoms. The summed E-state index contributed by atoms with van der Waals surface area (Å²) in [5.74, 6) is 0.186. The van der Waals surface area contributed by atoms with E-state index in [0.29, 0.717) is 17.0 Å². The van der Waals surface area contributed by atoms with E-state index in [2.05, 4.69) is 31.2 Å². The Bertz CT molecular complexity index is 1070. The molecule has 0 unspecified atom stereocenters. The molecule has 0 bridgehead atoms. The number of nitrogens with one attached hydrogen (secondary N) is 1. The predicted octanol–water partition coefficient (Wildman–Crippen LogP) is 5.21. The summed E-state index contributed by atoms with van der Waals surface area (Å²) in [4.78, 5) is 26.3. The zero-order valence-corrected chi connectivity index (χ0v) is 20.9. The maximum absolute atomic E-state index is 13.2. The van der Waals surface area contributed by atoms with E-state index in [-0.39, 0.29) is 34.9 Å². The number of carbonyl (C=O) groups is 1. The van der Waals surface area contributed by atoms with E-state index in [1.54, 1.807) is 4.68 Å². The van der Waals surface area contributed by atoms with Crippen molar-refractivity contribution in [3.05, 3.63) is 33.1 Å². The zero-order valence-electron chi connectivity index (χ0n) is 20.9. The Labute approximate surface area is 195 Å². The van der Waals surface area contributed by atoms with Crippen molar-refractivity contribution in [1.29, 1.82) is 0 Å². The first-order chi connectivity index (χ1) is 15.6. The highest BCUT2D eigenvalue weighted by molar-refractivity contribution is 6.04. The van der Waals surface area contributed by atoms with Crippen LogP contribution in [0.25, 0.3) is 0 Å². The molecule has 1 aliphatic heterocycles. The van der Waals surface area contributed by atoms with Crippen molar-refractivity contribution in [2.24, 2.45) is 12.5 Å². The van der Waals surface area contributed by atoms with E-state index in [1.165, 1.54) is 6.42 Å². The van der Waals surface area contributed by atoms with Crippen LogP contribution in [0.3, 0.4) is 0 Å². The lowest BCUT2D eigenvalue weighted by Gasteiger charge is -2.37. The van der Waals surface area contributed by atoms with Gasteiger partial charge in [0, 0.05) is 12.6 Å². The van der Waals surface area contributed by atoms with Gasteiger partial charge in [-0.2, -0.15) is 0 Å². The zero-order chi connectivity index (χ0) is 23.9. The molecule has 1 N–H and O–H groups in total. The first-order valence-corrected chi connectivity index (χ1v) is 12.3. The van der Waals surface area contributed by atoms with Gasteiger partial charge in [0.25, 0.3) is 11.5 Å². The van der Waals surface area contributed by atoms with Gasteiger partial charge >= 0.3 is 0 Å². The van der Waals surface area contributed by atoms with E-state index in [0.717, 1.165) is 50.6 Å². The van der Waals surface area contributed by atoms with Crippen LogP contribution in [0.15, 0.2) is 9.32 Å². The second-order valence-electron chi connectivity index (χ2n) is 10.8. The normalized spacial score (nSPS) is 22.5. The summed E-state index contributed by atoms with van der Waals surface area (Å²) >= 11 is 0. The molecule has 4 rings (SSSR count). The Morgan fingerprint density at radius 2 is 1.76 bits per heavy atom. The maximum Gasteiger partial charge on any atom is 0.291 e. The van der Waals surface area contributed by atoms with Gasteiger partial charge in [0.2, 0.25) is 0 Å². The fraction of sp³-hybridized carbons (Fsp3) is 0.720. The first kappa shape index (κ1) is 23.8. The minimum atomic E-state index is -0.424. The van der Waals surface area contributed by atoms with Crippen LogP contribution in [-0.4, -0.2) is 26.5 Å². The Hall–Kier alpha value is -2.35. The van der Waals surface area contributed by atoms with Crippen molar-refractivity contribution >= 4 is 11.6 Å². The van der Waals surface area contributed by atoms with Crippen molar-refractivity contribution in [1.82, 2.24) is 14.5 Å². The molecule has 2 aliphatic rings. The lowest BCUT2D eigenvalue weighted by atomic mass is 9.83. The highest BCUT2D eigenvalue weighted by Crippen LogP contribution is 2.39. The Morgan fingerprint density at radius 1 is 1.06 bits per heavy atom. The largest absolute Gasteiger partial charge is 0.366 e. The molecule has 2 aromatic heterocycles. The van der Waals surface area contributed by atoms with Crippen molar-refractivity contribution in [3.63, 3.8) is 0 Å². The number of amides is 1. The summed E-state index contributed by atoms with van der Waals surface area (Å²) in [6.07, 6.45) is 8.27. The van der Waals surface area contributed by atoms with Gasteiger partial charge in [0.15, 0.2) is 11.5 Å². The molecule has 1 aliphatic carbocycles. The molecule has 182 valence electrons. The molecule has 8 nitrogen and oxygen atoms in total. The number of anilines is 1. The molecule has 0 radical (unpaired) electrons. The summed E-state index contributed by atoms with van der Waals surface area (Å²) in [6.45, 7) is 10.2. The molecule has 1 saturated heterocycles. The number of hydrogen-bond donors (Lipinski definition) is 1. The van der Waals surface area contributed by atoms with Gasteiger partial charge in [-0.05, 0) is 51.4 Å². The highest BCUT2D eigenvalue weighted by atomic mass is 16.5. The van der Waals surface area contributed by atoms with Crippen LogP contribution in [0.2, 0.25) is 0 Å². The van der Waals surface area contributed by atoms with Gasteiger partial charge in [-0.3, -0.25) is 14.3 Å². The second-order valence-corrected chi connectivity index (χ2v) is 10.8. The van der Waals surface area contributed by atoms with Crippen LogP contribution in [-0.2, 0) is 11.8 Å². The smallest absolute Gasteiger partial charge is 0.291 e. The molecular formula is C25H38N4O4. The summed E-state index contributed by atoms with van der Waals surface area (Å²) < 4.78 is 15.6. The highest BCUT2D eigenvalue weighted by Gasteiger charge is 2.35. The summed E-state index contributed by atoms with van der Waals surface area (Å²) in [7, 11) is 1.88. The monoisotopic (exact) mass is 458 g/mol. The van der Waals surface area contributed by atoms with Crippen LogP contribution < -0.4 is 10.9 Å². The number of aromatic nitrogens is 3. The molecule has 1 amide bonds. The average Bonchev–Trinajstić information content (AvgIpc) is 3.27. The quantitative estimate of drug-likeness (QED) is 0.679. The van der Waals surface area contributed by atoms with Gasteiger partial charge in [-0.25, -0.2) is 4.68 Å². The van der Waals surface area contributed by atoms with Crippen LogP contribution in [0, 0.1) is 19.3 Å². The Kier molecular flexibility index (Phi) is 6.58. The minimum absolute atomic E-state index is 0.0376. The van der Waals surface area contributed by atoms with Gasteiger partial charge in [0.1, 0.15) is 11.8 Å². The molecular weight excluding hydrogens is 420 g/mol. The van der Waals surface area contributed by atoms with Crippen molar-refractivity contribution < 1.29 is 14.1 Å². The molecule has 33 heavy (non-hydrogen) atoms. The SMILES string of the molecule is Cc1c(C(=O)Nc2c(C)n(C)n(C3CCCCC3)c2=O)noc1[C@H]1CCC[C@@H](C(C)(C)C)O1. The van der Waals surface area contributed by atoms with Crippen LogP contribution in [0.5, 0.6) is 0 Å². The molecule has 1 saturated carbocycles. The molecule has 2 fully saturated rings. The second kappa shape index (κ2) is 9.12. The Balaban J connectivity index is 1.55. The Morgan fingerprint density at radius 3 is 2.42 bits per heavy atom. The lowest BCUT2D eigenvalue weighted by molar-refractivity contribution is -0.109. The molecule has 8 heteroatoms. The van der Waals surface area contributed by atoms with Crippen LogP contribution in [0.4, 0.5) is 5.69 Å². The van der Waals surface area contributed by atoms with Gasteiger partial charge in [0.05, 0.1) is 17.8 Å². The molecule has 2 atom stereocenters. The van der Waals surface area contributed by atoms with Gasteiger partial charge in [-0.15, -0.1) is 0 Å². The maximum atomic E-state index is 13.2. The summed E-state index contributed by atoms with van der Waals surface area (Å²) in [5.41, 5.74) is 1.82. The number of rotatable bonds is 4. The number of hydrogen-bond acceptors (Lipinski definition) is 5. The van der Waals surface area contributed by atoms with E-state index >= 15 is 0 Å². The first-order valence-electron chi connectivity index (χ1n) is 12.3. The third-order valence-corrected chi connectivity index (χ3v) is 7.45. The average molecular weight is 459 g/mol. The number of carbonyl (C=O) groups excluding carboxylic acids is 1. The van der Waals surface area contributed by atoms with Gasteiger partial charge in [-0.1, -0.05) is 45.2 Å². The van der Waals surface area contributed by atoms with Crippen molar-refractivity contribution in [2.45, 2.75) is 104 Å². The fourth-order valence-electron chi connectivity index (χ4n) is 5.30. The number of ether oxygens (including phenoxy) is 1. The third-order valence-electron chi connectivity index (χ3n) is 7.45. The minimum Gasteiger partial charge on any atom is -0.366 e. The number of nitrogens with zero attached hydrogens (tertiary/aromatic N) is 3. The summed E-state index contributed by atoms with van der Waals surface area (Å²) in [6, 6.07) is 0.181. The molecule has 2 aromatic rings. The standard InChI is InChI=1S/C25H38N4O4/c1-15-20(27-33-22(15)18-13-10-14-19(32-18)25(3,4)5)23(30)26-21-16(2)28(6)29(24(21)31)17-11-8-7-9-12-17/h17-19H,7-14H2,1-6H3,(H,26,30)/t18-,19+/m1/s1. The van der Waals surface area contributed by atoms with E-state index < -0.39 is 5.91 Å². The van der Waals surface area contributed by atoms with E-state index in [1.807, 2.05) is 25.6 Å². The lowest BCUT2D eigenvalue weighted by Crippen LogP contribution is -2.34. The summed E-state index contributed by atoms with van der Waals surface area (Å²) in [5, 5.41) is 6.90. The van der Waals surface area contributed by atoms with Crippen LogP contribution >= 0.6 is 0 Å². The van der Waals surface area contributed by atoms with E-state index in [4.69, 9.17) is 9.26 Å². The van der Waals surface area contributed by atoms with Gasteiger partial charge < -0.3 is 14.6 Å². The molecule has 0 aromatic carbocycles. The predicted molar refractivity (Wildman–Crippen MR) is 127 cm³/mol. The fourth-order valence-corrected chi connectivity index (χ4v) is 5.30. The topological polar surface area (TPSA) is 91.3 Å².